The number of carbonyl (C=O) groups is 3. The molecule has 1 aliphatic heterocycles. The van der Waals surface area contributed by atoms with Gasteiger partial charge in [0.2, 0.25) is 0 Å². The average Bonchev–Trinajstić information content (AvgIpc) is 2.58. The predicted octanol–water partition coefficient (Wildman–Crippen LogP) is 3.22. The molecule has 0 saturated carbocycles. The molecule has 0 atom stereocenters. The highest BCUT2D eigenvalue weighted by Gasteiger charge is 2.36. The van der Waals surface area contributed by atoms with Gasteiger partial charge in [-0.1, -0.05) is 54.6 Å². The zero-order valence-electron chi connectivity index (χ0n) is 13.6. The van der Waals surface area contributed by atoms with Gasteiger partial charge in [0.1, 0.15) is 5.57 Å². The van der Waals surface area contributed by atoms with E-state index in [0.29, 0.717) is 5.69 Å². The lowest BCUT2D eigenvalue weighted by Crippen LogP contribution is -2.54. The van der Waals surface area contributed by atoms with Crippen molar-refractivity contribution in [3.05, 3.63) is 83.4 Å². The summed E-state index contributed by atoms with van der Waals surface area (Å²) >= 11 is 0. The van der Waals surface area contributed by atoms with Crippen molar-refractivity contribution >= 4 is 29.6 Å². The fourth-order valence-electron chi connectivity index (χ4n) is 2.50. The van der Waals surface area contributed by atoms with E-state index in [1.807, 2.05) is 43.3 Å². The molecule has 0 unspecified atom stereocenters. The third-order valence-electron chi connectivity index (χ3n) is 3.71. The van der Waals surface area contributed by atoms with Crippen LogP contribution in [0.3, 0.4) is 0 Å². The number of urea groups is 1. The van der Waals surface area contributed by atoms with E-state index in [1.165, 1.54) is 6.08 Å². The number of hydrogen-bond donors (Lipinski definition) is 1. The van der Waals surface area contributed by atoms with Gasteiger partial charge in [0.05, 0.1) is 5.69 Å². The Morgan fingerprint density at radius 2 is 1.72 bits per heavy atom. The van der Waals surface area contributed by atoms with Crippen molar-refractivity contribution in [3.8, 4) is 0 Å². The molecular weight excluding hydrogens is 316 g/mol. The molecule has 0 spiro atoms. The number of nitrogens with zero attached hydrogens (tertiary/aromatic N) is 1. The summed E-state index contributed by atoms with van der Waals surface area (Å²) < 4.78 is 0. The minimum absolute atomic E-state index is 0.0895. The number of barbiturate groups is 1. The van der Waals surface area contributed by atoms with Crippen LogP contribution in [0.25, 0.3) is 6.08 Å². The van der Waals surface area contributed by atoms with Crippen LogP contribution < -0.4 is 10.2 Å². The number of benzene rings is 2. The molecule has 1 saturated heterocycles. The molecule has 0 aliphatic carbocycles. The van der Waals surface area contributed by atoms with E-state index in [2.05, 4.69) is 5.32 Å². The first-order chi connectivity index (χ1) is 12.1. The molecule has 5 nitrogen and oxygen atoms in total. The van der Waals surface area contributed by atoms with E-state index in [0.717, 1.165) is 16.0 Å². The summed E-state index contributed by atoms with van der Waals surface area (Å²) in [6.07, 6.45) is 4.81. The minimum Gasteiger partial charge on any atom is -0.273 e. The van der Waals surface area contributed by atoms with Crippen LogP contribution >= 0.6 is 0 Å². The first-order valence-corrected chi connectivity index (χ1v) is 7.76. The van der Waals surface area contributed by atoms with E-state index in [-0.39, 0.29) is 5.57 Å². The molecule has 0 bridgehead atoms. The normalized spacial score (nSPS) is 16.6. The molecule has 2 aromatic rings. The lowest BCUT2D eigenvalue weighted by Gasteiger charge is -2.26. The molecule has 2 aromatic carbocycles. The molecule has 124 valence electrons. The highest BCUT2D eigenvalue weighted by Crippen LogP contribution is 2.21. The van der Waals surface area contributed by atoms with E-state index < -0.39 is 17.8 Å². The molecule has 1 fully saturated rings. The smallest absolute Gasteiger partial charge is 0.273 e. The van der Waals surface area contributed by atoms with Gasteiger partial charge in [0.25, 0.3) is 11.8 Å². The number of rotatable bonds is 3. The van der Waals surface area contributed by atoms with Gasteiger partial charge >= 0.3 is 6.03 Å². The fourth-order valence-corrected chi connectivity index (χ4v) is 2.50. The summed E-state index contributed by atoms with van der Waals surface area (Å²) in [5.74, 6) is -1.34. The van der Waals surface area contributed by atoms with Gasteiger partial charge in [-0.05, 0) is 36.3 Å². The summed E-state index contributed by atoms with van der Waals surface area (Å²) in [6, 6.07) is 15.7. The molecule has 0 aromatic heterocycles. The third-order valence-corrected chi connectivity index (χ3v) is 3.71. The summed E-state index contributed by atoms with van der Waals surface area (Å²) in [5, 5.41) is 2.20. The Morgan fingerprint density at radius 3 is 2.44 bits per heavy atom. The highest BCUT2D eigenvalue weighted by atomic mass is 16.2. The minimum atomic E-state index is -0.746. The number of amides is 4. The van der Waals surface area contributed by atoms with E-state index >= 15 is 0 Å². The van der Waals surface area contributed by atoms with Gasteiger partial charge in [0, 0.05) is 0 Å². The number of anilines is 1. The second-order valence-electron chi connectivity index (χ2n) is 5.59. The van der Waals surface area contributed by atoms with Gasteiger partial charge in [0.15, 0.2) is 0 Å². The first-order valence-electron chi connectivity index (χ1n) is 7.76. The SMILES string of the molecule is Cc1cccc(N2C(=O)NC(=O)/C(=C/C=C/c3ccccc3)C2=O)c1. The van der Waals surface area contributed by atoms with Crippen LogP contribution in [0.4, 0.5) is 10.5 Å². The molecule has 4 amide bonds. The lowest BCUT2D eigenvalue weighted by atomic mass is 10.1. The molecule has 1 heterocycles. The standard InChI is InChI=1S/C20H16N2O3/c1-14-7-5-11-16(13-14)22-19(24)17(18(23)21-20(22)25)12-6-10-15-8-3-2-4-9-15/h2-13H,1H3,(H,21,23,25)/b10-6+,17-12-. The Balaban J connectivity index is 1.90. The second-order valence-corrected chi connectivity index (χ2v) is 5.59. The molecule has 0 radical (unpaired) electrons. The largest absolute Gasteiger partial charge is 0.335 e. The molecular formula is C20H16N2O3. The van der Waals surface area contributed by atoms with Crippen molar-refractivity contribution in [2.24, 2.45) is 0 Å². The summed E-state index contributed by atoms with van der Waals surface area (Å²) in [7, 11) is 0. The molecule has 25 heavy (non-hydrogen) atoms. The predicted molar refractivity (Wildman–Crippen MR) is 95.8 cm³/mol. The Kier molecular flexibility index (Phi) is 4.57. The maximum Gasteiger partial charge on any atom is 0.335 e. The van der Waals surface area contributed by atoms with Crippen molar-refractivity contribution in [2.45, 2.75) is 6.92 Å². The van der Waals surface area contributed by atoms with Crippen LogP contribution in [0.2, 0.25) is 0 Å². The van der Waals surface area contributed by atoms with Gasteiger partial charge in [-0.2, -0.15) is 0 Å². The Bertz CT molecular complexity index is 898. The van der Waals surface area contributed by atoms with E-state index in [9.17, 15) is 14.4 Å². The van der Waals surface area contributed by atoms with Crippen LogP contribution in [0, 0.1) is 6.92 Å². The second kappa shape index (κ2) is 6.97. The quantitative estimate of drug-likeness (QED) is 0.693. The van der Waals surface area contributed by atoms with Gasteiger partial charge in [-0.3, -0.25) is 14.9 Å². The number of aryl methyl sites for hydroxylation is 1. The van der Waals surface area contributed by atoms with E-state index in [1.54, 1.807) is 30.4 Å². The number of imide groups is 2. The van der Waals surface area contributed by atoms with Crippen LogP contribution in [-0.2, 0) is 9.59 Å². The van der Waals surface area contributed by atoms with Gasteiger partial charge in [-0.25, -0.2) is 9.69 Å². The zero-order chi connectivity index (χ0) is 17.8. The zero-order valence-corrected chi connectivity index (χ0v) is 13.6. The third kappa shape index (κ3) is 3.55. The Labute approximate surface area is 145 Å². The van der Waals surface area contributed by atoms with Crippen molar-refractivity contribution in [3.63, 3.8) is 0 Å². The fraction of sp³-hybridized carbons (Fsp3) is 0.0500. The molecule has 1 aliphatic rings. The van der Waals surface area contributed by atoms with Gasteiger partial charge < -0.3 is 0 Å². The van der Waals surface area contributed by atoms with E-state index in [4.69, 9.17) is 0 Å². The summed E-state index contributed by atoms with van der Waals surface area (Å²) in [4.78, 5) is 37.7. The van der Waals surface area contributed by atoms with Gasteiger partial charge in [-0.15, -0.1) is 0 Å². The topological polar surface area (TPSA) is 66.5 Å². The molecule has 3 rings (SSSR count). The molecule has 1 N–H and O–H groups in total. The van der Waals surface area contributed by atoms with Crippen molar-refractivity contribution in [1.29, 1.82) is 0 Å². The molecule has 5 heteroatoms. The van der Waals surface area contributed by atoms with Crippen molar-refractivity contribution < 1.29 is 14.4 Å². The Morgan fingerprint density at radius 1 is 0.960 bits per heavy atom. The maximum atomic E-state index is 12.6. The number of allylic oxidation sites excluding steroid dienone is 2. The number of nitrogens with one attached hydrogen (secondary N) is 1. The van der Waals surface area contributed by atoms with Crippen LogP contribution in [0.1, 0.15) is 11.1 Å². The van der Waals surface area contributed by atoms with Crippen LogP contribution in [-0.4, -0.2) is 17.8 Å². The average molecular weight is 332 g/mol. The Hall–Kier alpha value is -3.47. The van der Waals surface area contributed by atoms with Crippen molar-refractivity contribution in [2.75, 3.05) is 4.90 Å². The number of carbonyl (C=O) groups excluding carboxylic acids is 3. The van der Waals surface area contributed by atoms with Crippen LogP contribution in [0.15, 0.2) is 72.3 Å². The lowest BCUT2D eigenvalue weighted by molar-refractivity contribution is -0.122. The maximum absolute atomic E-state index is 12.6. The highest BCUT2D eigenvalue weighted by molar-refractivity contribution is 6.37. The number of hydrogen-bond acceptors (Lipinski definition) is 3. The summed E-state index contributed by atoms with van der Waals surface area (Å²) in [5.41, 5.74) is 2.18. The summed E-state index contributed by atoms with van der Waals surface area (Å²) in [6.45, 7) is 1.86. The van der Waals surface area contributed by atoms with Crippen molar-refractivity contribution in [1.82, 2.24) is 5.32 Å². The van der Waals surface area contributed by atoms with Crippen LogP contribution in [0.5, 0.6) is 0 Å². The first kappa shape index (κ1) is 16.4. The monoisotopic (exact) mass is 332 g/mol.